The van der Waals surface area contributed by atoms with Crippen LogP contribution in [0, 0.1) is 0 Å². The largest absolute Gasteiger partial charge is 0.478 e. The van der Waals surface area contributed by atoms with Crippen LogP contribution < -0.4 is 15.0 Å². The maximum atomic E-state index is 12.9. The Hall–Kier alpha value is -4.28. The van der Waals surface area contributed by atoms with Gasteiger partial charge in [0.25, 0.3) is 5.91 Å². The number of ether oxygens (including phenoxy) is 3. The molecule has 0 saturated carbocycles. The molecule has 34 heavy (non-hydrogen) atoms. The van der Waals surface area contributed by atoms with E-state index in [2.05, 4.69) is 10.1 Å². The van der Waals surface area contributed by atoms with Gasteiger partial charge in [0.15, 0.2) is 6.10 Å². The number of amides is 3. The molecule has 1 atom stereocenters. The molecule has 0 radical (unpaired) electrons. The number of hydrogen-bond donors (Lipinski definition) is 1. The van der Waals surface area contributed by atoms with E-state index in [0.29, 0.717) is 11.3 Å². The zero-order chi connectivity index (χ0) is 25.0. The first-order valence-corrected chi connectivity index (χ1v) is 10.2. The van der Waals surface area contributed by atoms with E-state index in [4.69, 9.17) is 13.9 Å². The second kappa shape index (κ2) is 10.1. The molecule has 1 aromatic heterocycles. The van der Waals surface area contributed by atoms with Crippen molar-refractivity contribution >= 4 is 35.6 Å². The van der Waals surface area contributed by atoms with Gasteiger partial charge in [0.1, 0.15) is 17.2 Å². The van der Waals surface area contributed by atoms with Crippen LogP contribution in [0.2, 0.25) is 0 Å². The van der Waals surface area contributed by atoms with Crippen molar-refractivity contribution in [1.82, 2.24) is 10.2 Å². The number of nitrogens with zero attached hydrogens (tertiary/aromatic N) is 2. The standard InChI is InChI=1S/C23H25N3O8/c1-13(21(28)31-4)33-19-11-15(25(2)3)7-6-14(19)10-17-20(27)26(23(30)24-17)12-16-8-9-18(34-16)22(29)32-5/h6-11,13H,12H2,1-5H3,(H,24,30). The van der Waals surface area contributed by atoms with Gasteiger partial charge < -0.3 is 28.8 Å². The lowest BCUT2D eigenvalue weighted by atomic mass is 10.1. The van der Waals surface area contributed by atoms with Gasteiger partial charge in [-0.15, -0.1) is 0 Å². The quantitative estimate of drug-likeness (QED) is 0.350. The molecule has 0 bridgehead atoms. The van der Waals surface area contributed by atoms with Crippen molar-refractivity contribution in [3.05, 3.63) is 53.1 Å². The number of imide groups is 1. The van der Waals surface area contributed by atoms with Crippen molar-refractivity contribution in [1.29, 1.82) is 0 Å². The van der Waals surface area contributed by atoms with Gasteiger partial charge in [-0.2, -0.15) is 0 Å². The molecule has 1 fully saturated rings. The molecule has 1 N–H and O–H groups in total. The first-order valence-electron chi connectivity index (χ1n) is 10.2. The van der Waals surface area contributed by atoms with Crippen molar-refractivity contribution in [2.24, 2.45) is 0 Å². The number of carbonyl (C=O) groups excluding carboxylic acids is 4. The minimum atomic E-state index is -0.895. The lowest BCUT2D eigenvalue weighted by Gasteiger charge is -2.18. The molecule has 1 aliphatic rings. The van der Waals surface area contributed by atoms with E-state index < -0.39 is 30.0 Å². The van der Waals surface area contributed by atoms with Crippen LogP contribution in [0.25, 0.3) is 6.08 Å². The van der Waals surface area contributed by atoms with Gasteiger partial charge >= 0.3 is 18.0 Å². The highest BCUT2D eigenvalue weighted by molar-refractivity contribution is 6.14. The van der Waals surface area contributed by atoms with Gasteiger partial charge in [0.2, 0.25) is 5.76 Å². The number of nitrogens with one attached hydrogen (secondary N) is 1. The summed E-state index contributed by atoms with van der Waals surface area (Å²) in [4.78, 5) is 51.5. The summed E-state index contributed by atoms with van der Waals surface area (Å²) in [7, 11) is 6.17. The highest BCUT2D eigenvalue weighted by atomic mass is 16.6. The van der Waals surface area contributed by atoms with Gasteiger partial charge in [0, 0.05) is 31.4 Å². The molecule has 11 heteroatoms. The summed E-state index contributed by atoms with van der Waals surface area (Å²) < 4.78 is 20.4. The van der Waals surface area contributed by atoms with Gasteiger partial charge in [0.05, 0.1) is 20.8 Å². The Morgan fingerprint density at radius 3 is 2.53 bits per heavy atom. The highest BCUT2D eigenvalue weighted by Crippen LogP contribution is 2.29. The Kier molecular flexibility index (Phi) is 7.24. The summed E-state index contributed by atoms with van der Waals surface area (Å²) in [5.41, 5.74) is 1.28. The van der Waals surface area contributed by atoms with E-state index in [-0.39, 0.29) is 23.8 Å². The number of benzene rings is 1. The third-order valence-corrected chi connectivity index (χ3v) is 4.97. The number of furan rings is 1. The number of esters is 2. The fourth-order valence-electron chi connectivity index (χ4n) is 3.13. The fourth-order valence-corrected chi connectivity index (χ4v) is 3.13. The van der Waals surface area contributed by atoms with Crippen LogP contribution in [0.15, 0.2) is 40.4 Å². The molecule has 1 saturated heterocycles. The van der Waals surface area contributed by atoms with Gasteiger partial charge in [-0.05, 0) is 37.3 Å². The predicted octanol–water partition coefficient (Wildman–Crippen LogP) is 2.17. The second-order valence-electron chi connectivity index (χ2n) is 7.54. The molecule has 3 amide bonds. The first-order chi connectivity index (χ1) is 16.1. The number of urea groups is 1. The summed E-state index contributed by atoms with van der Waals surface area (Å²) in [6.07, 6.45) is 0.564. The minimum absolute atomic E-state index is 0.0120. The molecule has 0 aliphatic carbocycles. The Morgan fingerprint density at radius 1 is 1.15 bits per heavy atom. The van der Waals surface area contributed by atoms with E-state index in [9.17, 15) is 19.2 Å². The molecule has 2 heterocycles. The maximum absolute atomic E-state index is 12.9. The Labute approximate surface area is 195 Å². The second-order valence-corrected chi connectivity index (χ2v) is 7.54. The SMILES string of the molecule is COC(=O)c1ccc(CN2C(=O)NC(=Cc3ccc(N(C)C)cc3OC(C)C(=O)OC)C2=O)o1. The Morgan fingerprint density at radius 2 is 1.88 bits per heavy atom. The van der Waals surface area contributed by atoms with E-state index in [0.717, 1.165) is 10.6 Å². The number of methoxy groups -OCH3 is 2. The average molecular weight is 471 g/mol. The lowest BCUT2D eigenvalue weighted by molar-refractivity contribution is -0.147. The van der Waals surface area contributed by atoms with E-state index in [1.165, 1.54) is 32.4 Å². The van der Waals surface area contributed by atoms with Crippen molar-refractivity contribution in [2.75, 3.05) is 33.2 Å². The van der Waals surface area contributed by atoms with Crippen LogP contribution in [0.3, 0.4) is 0 Å². The zero-order valence-electron chi connectivity index (χ0n) is 19.4. The number of hydrogen-bond acceptors (Lipinski definition) is 9. The third-order valence-electron chi connectivity index (χ3n) is 4.97. The lowest BCUT2D eigenvalue weighted by Crippen LogP contribution is -2.30. The van der Waals surface area contributed by atoms with E-state index >= 15 is 0 Å². The molecule has 1 aliphatic heterocycles. The van der Waals surface area contributed by atoms with Crippen LogP contribution in [0.4, 0.5) is 10.5 Å². The topological polar surface area (TPSA) is 128 Å². The van der Waals surface area contributed by atoms with Crippen LogP contribution in [0.1, 0.15) is 28.8 Å². The molecule has 0 spiro atoms. The van der Waals surface area contributed by atoms with Gasteiger partial charge in [-0.1, -0.05) is 0 Å². The third kappa shape index (κ3) is 5.20. The van der Waals surface area contributed by atoms with Gasteiger partial charge in [-0.3, -0.25) is 9.69 Å². The summed E-state index contributed by atoms with van der Waals surface area (Å²) >= 11 is 0. The minimum Gasteiger partial charge on any atom is -0.478 e. The average Bonchev–Trinajstić information content (AvgIpc) is 3.39. The van der Waals surface area contributed by atoms with Crippen LogP contribution in [-0.2, 0) is 25.6 Å². The van der Waals surface area contributed by atoms with E-state index in [1.54, 1.807) is 25.1 Å². The smallest absolute Gasteiger partial charge is 0.373 e. The predicted molar refractivity (Wildman–Crippen MR) is 120 cm³/mol. The van der Waals surface area contributed by atoms with Crippen LogP contribution >= 0.6 is 0 Å². The van der Waals surface area contributed by atoms with Gasteiger partial charge in [-0.25, -0.2) is 14.4 Å². The Balaban J connectivity index is 1.86. The molecule has 3 rings (SSSR count). The molecule has 180 valence electrons. The van der Waals surface area contributed by atoms with Crippen molar-refractivity contribution in [2.45, 2.75) is 19.6 Å². The zero-order valence-corrected chi connectivity index (χ0v) is 19.4. The number of carbonyl (C=O) groups is 4. The maximum Gasteiger partial charge on any atom is 0.373 e. The van der Waals surface area contributed by atoms with Crippen LogP contribution in [0.5, 0.6) is 5.75 Å². The molecule has 1 aromatic carbocycles. The first kappa shape index (κ1) is 24.4. The Bertz CT molecular complexity index is 1150. The van der Waals surface area contributed by atoms with Crippen LogP contribution in [-0.4, -0.2) is 63.2 Å². The highest BCUT2D eigenvalue weighted by Gasteiger charge is 2.34. The summed E-state index contributed by atoms with van der Waals surface area (Å²) in [5, 5.41) is 2.52. The van der Waals surface area contributed by atoms with E-state index in [1.807, 2.05) is 19.0 Å². The van der Waals surface area contributed by atoms with Crippen molar-refractivity contribution in [3.63, 3.8) is 0 Å². The molecule has 11 nitrogen and oxygen atoms in total. The number of anilines is 1. The molecular weight excluding hydrogens is 446 g/mol. The number of rotatable bonds is 8. The summed E-state index contributed by atoms with van der Waals surface area (Å²) in [6, 6.07) is 7.45. The fraction of sp³-hybridized carbons (Fsp3) is 0.304. The summed E-state index contributed by atoms with van der Waals surface area (Å²) in [6.45, 7) is 1.36. The molecule has 1 unspecified atom stereocenters. The summed E-state index contributed by atoms with van der Waals surface area (Å²) in [5.74, 6) is -1.30. The molecule has 2 aromatic rings. The van der Waals surface area contributed by atoms with Crippen molar-refractivity contribution in [3.8, 4) is 5.75 Å². The monoisotopic (exact) mass is 471 g/mol. The van der Waals surface area contributed by atoms with Crippen molar-refractivity contribution < 1.29 is 37.8 Å². The normalized spacial score (nSPS) is 15.2. The molecular formula is C23H25N3O8.